The van der Waals surface area contributed by atoms with Gasteiger partial charge in [0.15, 0.2) is 12.3 Å². The number of carbonyl (C=O) groups excluding carboxylic acids is 2. The summed E-state index contributed by atoms with van der Waals surface area (Å²) < 4.78 is 5.20. The fourth-order valence-corrected chi connectivity index (χ4v) is 4.15. The first-order valence-corrected chi connectivity index (χ1v) is 9.78. The van der Waals surface area contributed by atoms with Gasteiger partial charge < -0.3 is 9.64 Å². The van der Waals surface area contributed by atoms with Gasteiger partial charge in [-0.25, -0.2) is 9.78 Å². The average molecular weight is 372 g/mol. The van der Waals surface area contributed by atoms with E-state index in [-0.39, 0.29) is 18.2 Å². The number of thiazole rings is 1. The number of hydrogen-bond donors (Lipinski definition) is 0. The maximum Gasteiger partial charge on any atom is 0.358 e. The van der Waals surface area contributed by atoms with Gasteiger partial charge in [0.2, 0.25) is 0 Å². The Kier molecular flexibility index (Phi) is 5.71. The molecule has 0 aliphatic carbocycles. The highest BCUT2D eigenvalue weighted by atomic mass is 32.1. The Morgan fingerprint density at radius 2 is 1.85 bits per heavy atom. The highest BCUT2D eigenvalue weighted by Crippen LogP contribution is 2.24. The van der Waals surface area contributed by atoms with Crippen LogP contribution in [0.25, 0.3) is 10.6 Å². The molecular formula is C20H24N2O3S. The monoisotopic (exact) mass is 372 g/mol. The highest BCUT2D eigenvalue weighted by Gasteiger charge is 2.26. The molecule has 5 nitrogen and oxygen atoms in total. The molecule has 1 aliphatic heterocycles. The van der Waals surface area contributed by atoms with E-state index in [9.17, 15) is 9.59 Å². The normalized spacial score (nSPS) is 20.0. The van der Waals surface area contributed by atoms with Crippen molar-refractivity contribution >= 4 is 23.2 Å². The van der Waals surface area contributed by atoms with E-state index in [0.717, 1.165) is 30.1 Å². The van der Waals surface area contributed by atoms with Crippen LogP contribution in [0.1, 0.15) is 36.3 Å². The van der Waals surface area contributed by atoms with Crippen LogP contribution >= 0.6 is 11.3 Å². The van der Waals surface area contributed by atoms with Crippen molar-refractivity contribution in [3.05, 3.63) is 40.9 Å². The lowest BCUT2D eigenvalue weighted by Gasteiger charge is -2.34. The minimum Gasteiger partial charge on any atom is -0.451 e. The largest absolute Gasteiger partial charge is 0.451 e. The Labute approximate surface area is 158 Å². The molecule has 0 radical (unpaired) electrons. The molecule has 1 aliphatic rings. The zero-order valence-corrected chi connectivity index (χ0v) is 16.2. The van der Waals surface area contributed by atoms with Crippen molar-refractivity contribution in [3.63, 3.8) is 0 Å². The number of nitrogens with zero attached hydrogens (tertiary/aromatic N) is 2. The minimum absolute atomic E-state index is 0.134. The van der Waals surface area contributed by atoms with Crippen LogP contribution in [0.5, 0.6) is 0 Å². The second-order valence-electron chi connectivity index (χ2n) is 7.22. The SMILES string of the molecule is Cc1ccc(-c2nc(C(=O)OCC(=O)N3C[C@@H](C)C[C@H](C)C3)cs2)cc1. The molecular weight excluding hydrogens is 348 g/mol. The van der Waals surface area contributed by atoms with Gasteiger partial charge in [-0.1, -0.05) is 43.7 Å². The summed E-state index contributed by atoms with van der Waals surface area (Å²) in [6.07, 6.45) is 1.13. The van der Waals surface area contributed by atoms with Gasteiger partial charge >= 0.3 is 5.97 Å². The maximum atomic E-state index is 12.3. The first-order valence-electron chi connectivity index (χ1n) is 8.90. The van der Waals surface area contributed by atoms with Gasteiger partial charge in [-0.15, -0.1) is 11.3 Å². The number of ether oxygens (including phenoxy) is 1. The number of carbonyl (C=O) groups is 2. The number of likely N-dealkylation sites (tertiary alicyclic amines) is 1. The van der Waals surface area contributed by atoms with Crippen molar-refractivity contribution in [2.24, 2.45) is 11.8 Å². The topological polar surface area (TPSA) is 59.5 Å². The number of piperidine rings is 1. The summed E-state index contributed by atoms with van der Waals surface area (Å²) in [5.41, 5.74) is 2.38. The van der Waals surface area contributed by atoms with Crippen molar-refractivity contribution in [3.8, 4) is 10.6 Å². The van der Waals surface area contributed by atoms with Crippen LogP contribution in [0, 0.1) is 18.8 Å². The zero-order valence-electron chi connectivity index (χ0n) is 15.4. The lowest BCUT2D eigenvalue weighted by Crippen LogP contribution is -2.44. The van der Waals surface area contributed by atoms with Crippen LogP contribution in [0.4, 0.5) is 0 Å². The maximum absolute atomic E-state index is 12.3. The first kappa shape index (κ1) is 18.6. The molecule has 1 amide bonds. The van der Waals surface area contributed by atoms with Gasteiger partial charge in [0.1, 0.15) is 5.01 Å². The Morgan fingerprint density at radius 1 is 1.19 bits per heavy atom. The van der Waals surface area contributed by atoms with E-state index in [4.69, 9.17) is 4.74 Å². The van der Waals surface area contributed by atoms with Crippen molar-refractivity contribution < 1.29 is 14.3 Å². The fourth-order valence-electron chi connectivity index (χ4n) is 3.36. The minimum atomic E-state index is -0.550. The zero-order chi connectivity index (χ0) is 18.7. The summed E-state index contributed by atoms with van der Waals surface area (Å²) in [6, 6.07) is 7.97. The molecule has 0 saturated carbocycles. The second-order valence-corrected chi connectivity index (χ2v) is 8.08. The van der Waals surface area contributed by atoms with E-state index >= 15 is 0 Å². The predicted octanol–water partition coefficient (Wildman–Crippen LogP) is 3.78. The van der Waals surface area contributed by atoms with Gasteiger partial charge in [0.05, 0.1) is 0 Å². The molecule has 0 unspecified atom stereocenters. The molecule has 1 aromatic heterocycles. The number of benzene rings is 1. The van der Waals surface area contributed by atoms with Gasteiger partial charge in [0, 0.05) is 24.0 Å². The van der Waals surface area contributed by atoms with Crippen molar-refractivity contribution in [2.75, 3.05) is 19.7 Å². The van der Waals surface area contributed by atoms with Crippen LogP contribution in [-0.2, 0) is 9.53 Å². The molecule has 2 heterocycles. The number of amides is 1. The first-order chi connectivity index (χ1) is 12.4. The number of hydrogen-bond acceptors (Lipinski definition) is 5. The third kappa shape index (κ3) is 4.49. The molecule has 0 spiro atoms. The summed E-state index contributed by atoms with van der Waals surface area (Å²) in [6.45, 7) is 7.54. The average Bonchev–Trinajstić information content (AvgIpc) is 3.09. The molecule has 1 aromatic carbocycles. The fraction of sp³-hybridized carbons (Fsp3) is 0.450. The van der Waals surface area contributed by atoms with E-state index in [1.165, 1.54) is 16.9 Å². The summed E-state index contributed by atoms with van der Waals surface area (Å²) >= 11 is 1.39. The van der Waals surface area contributed by atoms with Crippen LogP contribution in [0.3, 0.4) is 0 Å². The Morgan fingerprint density at radius 3 is 2.50 bits per heavy atom. The van der Waals surface area contributed by atoms with Crippen LogP contribution < -0.4 is 0 Å². The molecule has 1 saturated heterocycles. The van der Waals surface area contributed by atoms with Crippen LogP contribution in [0.2, 0.25) is 0 Å². The van der Waals surface area contributed by atoms with E-state index in [0.29, 0.717) is 11.8 Å². The second kappa shape index (κ2) is 7.99. The lowest BCUT2D eigenvalue weighted by molar-refractivity contribution is -0.137. The predicted molar refractivity (Wildman–Crippen MR) is 102 cm³/mol. The van der Waals surface area contributed by atoms with Gasteiger partial charge in [0.25, 0.3) is 5.91 Å². The number of esters is 1. The quantitative estimate of drug-likeness (QED) is 0.767. The van der Waals surface area contributed by atoms with Crippen molar-refractivity contribution in [1.29, 1.82) is 0 Å². The van der Waals surface area contributed by atoms with Crippen LogP contribution in [0.15, 0.2) is 29.6 Å². The summed E-state index contributed by atoms with van der Waals surface area (Å²) in [4.78, 5) is 30.7. The Hall–Kier alpha value is -2.21. The molecule has 2 atom stereocenters. The Bertz CT molecular complexity index is 775. The Balaban J connectivity index is 1.57. The smallest absolute Gasteiger partial charge is 0.358 e. The van der Waals surface area contributed by atoms with E-state index < -0.39 is 5.97 Å². The number of aryl methyl sites for hydroxylation is 1. The van der Waals surface area contributed by atoms with E-state index in [1.807, 2.05) is 31.2 Å². The van der Waals surface area contributed by atoms with Gasteiger partial charge in [-0.3, -0.25) is 4.79 Å². The lowest BCUT2D eigenvalue weighted by atomic mass is 9.92. The van der Waals surface area contributed by atoms with Crippen molar-refractivity contribution in [2.45, 2.75) is 27.2 Å². The molecule has 138 valence electrons. The van der Waals surface area contributed by atoms with E-state index in [2.05, 4.69) is 18.8 Å². The van der Waals surface area contributed by atoms with Gasteiger partial charge in [-0.2, -0.15) is 0 Å². The molecule has 0 N–H and O–H groups in total. The highest BCUT2D eigenvalue weighted by molar-refractivity contribution is 7.13. The molecule has 0 bridgehead atoms. The third-order valence-corrected chi connectivity index (χ3v) is 5.45. The van der Waals surface area contributed by atoms with E-state index in [1.54, 1.807) is 10.3 Å². The molecule has 3 rings (SSSR count). The molecule has 26 heavy (non-hydrogen) atoms. The van der Waals surface area contributed by atoms with Gasteiger partial charge in [-0.05, 0) is 25.2 Å². The molecule has 1 fully saturated rings. The summed E-state index contributed by atoms with van der Waals surface area (Å²) in [7, 11) is 0. The summed E-state index contributed by atoms with van der Waals surface area (Å²) in [5, 5.41) is 2.44. The standard InChI is InChI=1S/C20H24N2O3S/c1-13-4-6-16(7-5-13)19-21-17(12-26-19)20(24)25-11-18(23)22-9-14(2)8-15(3)10-22/h4-7,12,14-15H,8-11H2,1-3H3/t14-,15-/m0/s1. The third-order valence-electron chi connectivity index (χ3n) is 4.56. The van der Waals surface area contributed by atoms with Crippen molar-refractivity contribution in [1.82, 2.24) is 9.88 Å². The van der Waals surface area contributed by atoms with Crippen LogP contribution in [-0.4, -0.2) is 41.5 Å². The molecule has 6 heteroatoms. The molecule has 2 aromatic rings. The summed E-state index contributed by atoms with van der Waals surface area (Å²) in [5.74, 6) is 0.278. The number of aromatic nitrogens is 1. The number of rotatable bonds is 4.